The van der Waals surface area contributed by atoms with E-state index in [1.54, 1.807) is 4.90 Å². The Hall–Kier alpha value is -1.39. The average Bonchev–Trinajstić information content (AvgIpc) is 2.45. The maximum atomic E-state index is 12.4. The summed E-state index contributed by atoms with van der Waals surface area (Å²) in [5.41, 5.74) is 2.91. The lowest BCUT2D eigenvalue weighted by molar-refractivity contribution is -0.141. The number of amides is 1. The molecule has 1 aliphatic heterocycles. The van der Waals surface area contributed by atoms with Gasteiger partial charge in [-0.1, -0.05) is 44.5 Å². The summed E-state index contributed by atoms with van der Waals surface area (Å²) in [6, 6.07) is 5.98. The molecule has 1 unspecified atom stereocenters. The molecule has 1 saturated heterocycles. The summed E-state index contributed by atoms with van der Waals surface area (Å²) in [5, 5.41) is 13.7. The number of nitrogens with zero attached hydrogens (tertiary/aromatic N) is 1. The van der Waals surface area contributed by atoms with Crippen LogP contribution in [-0.2, 0) is 10.2 Å². The Morgan fingerprint density at radius 3 is 2.43 bits per heavy atom. The number of carbonyl (C=O) groups excluding carboxylic acids is 1. The smallest absolute Gasteiger partial charge is 0.256 e. The fourth-order valence-electron chi connectivity index (χ4n) is 2.60. The van der Waals surface area contributed by atoms with E-state index >= 15 is 0 Å². The number of aryl methyl sites for hydroxylation is 1. The summed E-state index contributed by atoms with van der Waals surface area (Å²) in [6.07, 6.45) is -1.07. The fraction of sp³-hybridized carbons (Fsp3) is 0.588. The van der Waals surface area contributed by atoms with Crippen LogP contribution in [0, 0.1) is 6.92 Å². The molecule has 1 heterocycles. The van der Waals surface area contributed by atoms with Crippen molar-refractivity contribution in [1.82, 2.24) is 10.2 Å². The second-order valence-corrected chi connectivity index (χ2v) is 6.86. The molecule has 1 fully saturated rings. The molecular weight excluding hydrogens is 264 g/mol. The van der Waals surface area contributed by atoms with Gasteiger partial charge in [0.1, 0.15) is 0 Å². The van der Waals surface area contributed by atoms with Crippen molar-refractivity contribution in [3.63, 3.8) is 0 Å². The van der Waals surface area contributed by atoms with Crippen molar-refractivity contribution in [2.24, 2.45) is 0 Å². The van der Waals surface area contributed by atoms with E-state index in [0.29, 0.717) is 18.7 Å². The number of hydrogen-bond acceptors (Lipinski definition) is 3. The molecule has 0 saturated carbocycles. The Balaban J connectivity index is 2.24. The second-order valence-electron chi connectivity index (χ2n) is 6.86. The molecule has 1 atom stereocenters. The number of benzene rings is 1. The lowest BCUT2D eigenvalue weighted by Crippen LogP contribution is -2.48. The third-order valence-corrected chi connectivity index (χ3v) is 3.94. The molecule has 1 aromatic carbocycles. The Morgan fingerprint density at radius 1 is 1.24 bits per heavy atom. The molecule has 0 bridgehead atoms. The van der Waals surface area contributed by atoms with Gasteiger partial charge in [0.25, 0.3) is 5.91 Å². The van der Waals surface area contributed by atoms with Gasteiger partial charge in [0.2, 0.25) is 0 Å². The summed E-state index contributed by atoms with van der Waals surface area (Å²) in [6.45, 7) is 11.3. The first kappa shape index (κ1) is 16.0. The van der Waals surface area contributed by atoms with Crippen LogP contribution in [-0.4, -0.2) is 42.1 Å². The number of aliphatic hydroxyl groups excluding tert-OH is 1. The highest BCUT2D eigenvalue weighted by molar-refractivity contribution is 5.82. The first-order chi connectivity index (χ1) is 9.79. The van der Waals surface area contributed by atoms with Gasteiger partial charge in [0, 0.05) is 26.2 Å². The second kappa shape index (κ2) is 6.16. The van der Waals surface area contributed by atoms with Gasteiger partial charge >= 0.3 is 0 Å². The number of piperazine rings is 1. The summed E-state index contributed by atoms with van der Waals surface area (Å²) >= 11 is 0. The predicted octanol–water partition coefficient (Wildman–Crippen LogP) is 1.76. The van der Waals surface area contributed by atoms with Crippen LogP contribution in [0.1, 0.15) is 43.6 Å². The van der Waals surface area contributed by atoms with Crippen LogP contribution in [0.5, 0.6) is 0 Å². The monoisotopic (exact) mass is 290 g/mol. The molecule has 0 spiro atoms. The minimum atomic E-state index is -1.07. The van der Waals surface area contributed by atoms with E-state index in [1.165, 1.54) is 0 Å². The molecule has 2 N–H and O–H groups in total. The van der Waals surface area contributed by atoms with Gasteiger partial charge in [-0.2, -0.15) is 0 Å². The van der Waals surface area contributed by atoms with Gasteiger partial charge in [0.15, 0.2) is 6.10 Å². The van der Waals surface area contributed by atoms with Gasteiger partial charge in [-0.3, -0.25) is 4.79 Å². The first-order valence-corrected chi connectivity index (χ1v) is 7.58. The summed E-state index contributed by atoms with van der Waals surface area (Å²) < 4.78 is 0. The van der Waals surface area contributed by atoms with Gasteiger partial charge in [-0.05, 0) is 23.5 Å². The van der Waals surface area contributed by atoms with Gasteiger partial charge in [0.05, 0.1) is 0 Å². The zero-order valence-corrected chi connectivity index (χ0v) is 13.4. The maximum Gasteiger partial charge on any atom is 0.256 e. The molecule has 0 aliphatic carbocycles. The van der Waals surface area contributed by atoms with E-state index in [-0.39, 0.29) is 11.3 Å². The quantitative estimate of drug-likeness (QED) is 0.872. The fourth-order valence-corrected chi connectivity index (χ4v) is 2.60. The van der Waals surface area contributed by atoms with Gasteiger partial charge in [-0.25, -0.2) is 0 Å². The minimum absolute atomic E-state index is 0.00141. The molecule has 21 heavy (non-hydrogen) atoms. The van der Waals surface area contributed by atoms with E-state index in [0.717, 1.165) is 24.2 Å². The minimum Gasteiger partial charge on any atom is -0.378 e. The Kier molecular flexibility index (Phi) is 4.69. The Morgan fingerprint density at radius 2 is 1.86 bits per heavy atom. The lowest BCUT2D eigenvalue weighted by Gasteiger charge is -2.30. The van der Waals surface area contributed by atoms with Gasteiger partial charge in [-0.15, -0.1) is 0 Å². The van der Waals surface area contributed by atoms with Crippen LogP contribution in [0.4, 0.5) is 0 Å². The SMILES string of the molecule is Cc1cc(C(O)C(=O)N2CCNCC2)cc(C(C)(C)C)c1. The summed E-state index contributed by atoms with van der Waals surface area (Å²) in [5.74, 6) is -0.193. The Bertz CT molecular complexity index is 514. The standard InChI is InChI=1S/C17H26N2O2/c1-12-9-13(11-14(10-12)17(2,3)4)15(20)16(21)19-7-5-18-6-8-19/h9-11,15,18,20H,5-8H2,1-4H3. The van der Waals surface area contributed by atoms with Crippen molar-refractivity contribution >= 4 is 5.91 Å². The zero-order valence-electron chi connectivity index (χ0n) is 13.4. The number of aliphatic hydroxyl groups is 1. The average molecular weight is 290 g/mol. The molecular formula is C17H26N2O2. The van der Waals surface area contributed by atoms with Crippen molar-refractivity contribution in [2.75, 3.05) is 26.2 Å². The van der Waals surface area contributed by atoms with E-state index in [4.69, 9.17) is 0 Å². The molecule has 0 aromatic heterocycles. The number of rotatable bonds is 2. The summed E-state index contributed by atoms with van der Waals surface area (Å²) in [4.78, 5) is 14.2. The van der Waals surface area contributed by atoms with Crippen LogP contribution in [0.3, 0.4) is 0 Å². The van der Waals surface area contributed by atoms with E-state index < -0.39 is 6.10 Å². The van der Waals surface area contributed by atoms with Crippen molar-refractivity contribution in [3.8, 4) is 0 Å². The highest BCUT2D eigenvalue weighted by Crippen LogP contribution is 2.27. The molecule has 4 heteroatoms. The Labute approximate surface area is 127 Å². The lowest BCUT2D eigenvalue weighted by atomic mass is 9.84. The topological polar surface area (TPSA) is 52.6 Å². The molecule has 1 aliphatic rings. The largest absolute Gasteiger partial charge is 0.378 e. The van der Waals surface area contributed by atoms with Crippen LogP contribution >= 0.6 is 0 Å². The maximum absolute atomic E-state index is 12.4. The van der Waals surface area contributed by atoms with Crippen molar-refractivity contribution in [1.29, 1.82) is 0 Å². The van der Waals surface area contributed by atoms with Crippen molar-refractivity contribution < 1.29 is 9.90 Å². The molecule has 116 valence electrons. The van der Waals surface area contributed by atoms with E-state index in [2.05, 4.69) is 32.2 Å². The van der Waals surface area contributed by atoms with E-state index in [1.807, 2.05) is 19.1 Å². The molecule has 1 aromatic rings. The molecule has 2 rings (SSSR count). The van der Waals surface area contributed by atoms with Crippen LogP contribution in [0.25, 0.3) is 0 Å². The normalized spacial score (nSPS) is 17.7. The number of nitrogens with one attached hydrogen (secondary N) is 1. The first-order valence-electron chi connectivity index (χ1n) is 7.58. The summed E-state index contributed by atoms with van der Waals surface area (Å²) in [7, 11) is 0. The van der Waals surface area contributed by atoms with Crippen LogP contribution in [0.15, 0.2) is 18.2 Å². The third-order valence-electron chi connectivity index (χ3n) is 3.94. The highest BCUT2D eigenvalue weighted by atomic mass is 16.3. The number of carbonyl (C=O) groups is 1. The van der Waals surface area contributed by atoms with Gasteiger partial charge < -0.3 is 15.3 Å². The molecule has 4 nitrogen and oxygen atoms in total. The van der Waals surface area contributed by atoms with Crippen LogP contribution in [0.2, 0.25) is 0 Å². The van der Waals surface area contributed by atoms with Crippen LogP contribution < -0.4 is 5.32 Å². The van der Waals surface area contributed by atoms with Crippen molar-refractivity contribution in [3.05, 3.63) is 34.9 Å². The van der Waals surface area contributed by atoms with E-state index in [9.17, 15) is 9.90 Å². The number of hydrogen-bond donors (Lipinski definition) is 2. The van der Waals surface area contributed by atoms with Crippen molar-refractivity contribution in [2.45, 2.75) is 39.2 Å². The third kappa shape index (κ3) is 3.83. The molecule has 1 amide bonds. The zero-order chi connectivity index (χ0) is 15.6. The predicted molar refractivity (Wildman–Crippen MR) is 84.3 cm³/mol. The molecule has 0 radical (unpaired) electrons. The highest BCUT2D eigenvalue weighted by Gasteiger charge is 2.26.